The van der Waals surface area contributed by atoms with Gasteiger partial charge in [-0.2, -0.15) is 0 Å². The monoisotopic (exact) mass is 226 g/mol. The molecule has 5 heteroatoms. The van der Waals surface area contributed by atoms with E-state index in [0.29, 0.717) is 12.0 Å². The molecule has 0 heterocycles. The molecule has 0 radical (unpaired) electrons. The standard InChI is InChI=1S/C11H18N2O3/c1-7-8(12-13-10(15)16-4)5-11(2,3)6-9(7)14/h12H,5-6H2,1-4H3,(H,13,15). The third-order valence-electron chi connectivity index (χ3n) is 2.67. The summed E-state index contributed by atoms with van der Waals surface area (Å²) in [6.45, 7) is 5.81. The number of hydrazine groups is 1. The van der Waals surface area contributed by atoms with Crippen molar-refractivity contribution in [3.63, 3.8) is 0 Å². The smallest absolute Gasteiger partial charge is 0.425 e. The van der Waals surface area contributed by atoms with Crippen LogP contribution in [0, 0.1) is 5.41 Å². The minimum absolute atomic E-state index is 0.0727. The van der Waals surface area contributed by atoms with Gasteiger partial charge >= 0.3 is 6.09 Å². The molecule has 0 unspecified atom stereocenters. The molecule has 0 aromatic carbocycles. The van der Waals surface area contributed by atoms with Gasteiger partial charge in [-0.1, -0.05) is 13.8 Å². The summed E-state index contributed by atoms with van der Waals surface area (Å²) in [5, 5.41) is 0. The number of methoxy groups -OCH3 is 1. The summed E-state index contributed by atoms with van der Waals surface area (Å²) >= 11 is 0. The molecule has 1 aliphatic carbocycles. The molecule has 0 saturated carbocycles. The van der Waals surface area contributed by atoms with Crippen LogP contribution in [-0.2, 0) is 9.53 Å². The minimum Gasteiger partial charge on any atom is -0.452 e. The molecule has 0 spiro atoms. The first-order valence-corrected chi connectivity index (χ1v) is 5.18. The highest BCUT2D eigenvalue weighted by atomic mass is 16.5. The SMILES string of the molecule is COC(=O)NNC1=C(C)C(=O)CC(C)(C)C1. The van der Waals surface area contributed by atoms with E-state index < -0.39 is 6.09 Å². The third-order valence-corrected chi connectivity index (χ3v) is 2.67. The van der Waals surface area contributed by atoms with E-state index in [1.807, 2.05) is 13.8 Å². The average molecular weight is 226 g/mol. The van der Waals surface area contributed by atoms with Crippen LogP contribution in [0.1, 0.15) is 33.6 Å². The number of Topliss-reactive ketones (excluding diaryl/α,β-unsaturated/α-hetero) is 1. The molecule has 0 aliphatic heterocycles. The molecule has 16 heavy (non-hydrogen) atoms. The maximum absolute atomic E-state index is 11.7. The highest BCUT2D eigenvalue weighted by Gasteiger charge is 2.31. The van der Waals surface area contributed by atoms with Gasteiger partial charge in [-0.3, -0.25) is 10.2 Å². The summed E-state index contributed by atoms with van der Waals surface area (Å²) < 4.78 is 4.44. The first-order chi connectivity index (χ1) is 7.35. The molecule has 0 aromatic heterocycles. The Kier molecular flexibility index (Phi) is 3.57. The van der Waals surface area contributed by atoms with Crippen molar-refractivity contribution in [2.24, 2.45) is 5.41 Å². The van der Waals surface area contributed by atoms with Gasteiger partial charge in [-0.05, 0) is 18.8 Å². The molecule has 0 saturated heterocycles. The van der Waals surface area contributed by atoms with E-state index in [1.165, 1.54) is 7.11 Å². The molecule has 1 aliphatic rings. The second-order valence-corrected chi connectivity index (χ2v) is 4.79. The van der Waals surface area contributed by atoms with E-state index >= 15 is 0 Å². The first-order valence-electron chi connectivity index (χ1n) is 5.18. The van der Waals surface area contributed by atoms with Gasteiger partial charge < -0.3 is 4.74 Å². The van der Waals surface area contributed by atoms with Crippen LogP contribution in [0.25, 0.3) is 0 Å². The number of hydrogen-bond acceptors (Lipinski definition) is 4. The Morgan fingerprint density at radius 1 is 1.38 bits per heavy atom. The van der Waals surface area contributed by atoms with Crippen LogP contribution in [-0.4, -0.2) is 19.0 Å². The summed E-state index contributed by atoms with van der Waals surface area (Å²) in [7, 11) is 1.29. The Hall–Kier alpha value is -1.52. The summed E-state index contributed by atoms with van der Waals surface area (Å²) in [5.74, 6) is 0.116. The van der Waals surface area contributed by atoms with Gasteiger partial charge in [0.15, 0.2) is 5.78 Å². The fourth-order valence-corrected chi connectivity index (χ4v) is 1.72. The molecule has 2 N–H and O–H groups in total. The highest BCUT2D eigenvalue weighted by molar-refractivity contribution is 5.96. The Bertz CT molecular complexity index is 345. The number of rotatable bonds is 2. The summed E-state index contributed by atoms with van der Waals surface area (Å²) in [4.78, 5) is 22.6. The predicted molar refractivity (Wildman–Crippen MR) is 59.4 cm³/mol. The Balaban J connectivity index is 2.73. The quantitative estimate of drug-likeness (QED) is 0.700. The van der Waals surface area contributed by atoms with Gasteiger partial charge in [0, 0.05) is 17.7 Å². The van der Waals surface area contributed by atoms with Crippen LogP contribution in [0.4, 0.5) is 4.79 Å². The van der Waals surface area contributed by atoms with Crippen LogP contribution in [0.5, 0.6) is 0 Å². The van der Waals surface area contributed by atoms with E-state index in [0.717, 1.165) is 12.1 Å². The Morgan fingerprint density at radius 3 is 2.56 bits per heavy atom. The highest BCUT2D eigenvalue weighted by Crippen LogP contribution is 2.35. The van der Waals surface area contributed by atoms with Gasteiger partial charge in [-0.15, -0.1) is 0 Å². The number of ketones is 1. The number of hydrogen-bond donors (Lipinski definition) is 2. The van der Waals surface area contributed by atoms with Gasteiger partial charge in [0.25, 0.3) is 0 Å². The molecule has 1 rings (SSSR count). The van der Waals surface area contributed by atoms with Crippen molar-refractivity contribution in [1.82, 2.24) is 10.9 Å². The predicted octanol–water partition coefficient (Wildman–Crippen LogP) is 1.51. The summed E-state index contributed by atoms with van der Waals surface area (Å²) in [6.07, 6.45) is 0.702. The maximum Gasteiger partial charge on any atom is 0.425 e. The first kappa shape index (κ1) is 12.5. The molecular formula is C11H18N2O3. The second-order valence-electron chi connectivity index (χ2n) is 4.79. The summed E-state index contributed by atoms with van der Waals surface area (Å²) in [6, 6.07) is 0. The summed E-state index contributed by atoms with van der Waals surface area (Å²) in [5.41, 5.74) is 6.47. The lowest BCUT2D eigenvalue weighted by Gasteiger charge is -2.31. The van der Waals surface area contributed by atoms with Gasteiger partial charge in [0.2, 0.25) is 0 Å². The fraction of sp³-hybridized carbons (Fsp3) is 0.636. The van der Waals surface area contributed by atoms with Crippen molar-refractivity contribution in [1.29, 1.82) is 0 Å². The number of allylic oxidation sites excluding steroid dienone is 2. The zero-order valence-corrected chi connectivity index (χ0v) is 10.1. The lowest BCUT2D eigenvalue weighted by atomic mass is 9.76. The zero-order chi connectivity index (χ0) is 12.3. The molecule has 90 valence electrons. The number of amides is 1. The Morgan fingerprint density at radius 2 is 2.00 bits per heavy atom. The number of carbonyl (C=O) groups excluding carboxylic acids is 2. The molecule has 5 nitrogen and oxygen atoms in total. The van der Waals surface area contributed by atoms with Crippen LogP contribution in [0.2, 0.25) is 0 Å². The average Bonchev–Trinajstić information content (AvgIpc) is 2.20. The maximum atomic E-state index is 11.7. The van der Waals surface area contributed by atoms with E-state index in [9.17, 15) is 9.59 Å². The van der Waals surface area contributed by atoms with Crippen molar-refractivity contribution in [2.45, 2.75) is 33.6 Å². The lowest BCUT2D eigenvalue weighted by Crippen LogP contribution is -2.40. The van der Waals surface area contributed by atoms with E-state index in [2.05, 4.69) is 15.6 Å². The number of nitrogens with one attached hydrogen (secondary N) is 2. The van der Waals surface area contributed by atoms with Gasteiger partial charge in [-0.25, -0.2) is 10.2 Å². The van der Waals surface area contributed by atoms with Gasteiger partial charge in [0.1, 0.15) is 0 Å². The van der Waals surface area contributed by atoms with Gasteiger partial charge in [0.05, 0.1) is 7.11 Å². The van der Waals surface area contributed by atoms with Crippen molar-refractivity contribution in [2.75, 3.05) is 7.11 Å². The van der Waals surface area contributed by atoms with Crippen molar-refractivity contribution < 1.29 is 14.3 Å². The lowest BCUT2D eigenvalue weighted by molar-refractivity contribution is -0.118. The molecular weight excluding hydrogens is 208 g/mol. The number of ether oxygens (including phenoxy) is 1. The number of carbonyl (C=O) groups is 2. The van der Waals surface area contributed by atoms with Crippen molar-refractivity contribution in [3.05, 3.63) is 11.3 Å². The second kappa shape index (κ2) is 4.55. The minimum atomic E-state index is -0.573. The van der Waals surface area contributed by atoms with E-state index in [-0.39, 0.29) is 11.2 Å². The van der Waals surface area contributed by atoms with Crippen LogP contribution < -0.4 is 10.9 Å². The fourth-order valence-electron chi connectivity index (χ4n) is 1.72. The Labute approximate surface area is 95.2 Å². The largest absolute Gasteiger partial charge is 0.452 e. The van der Waals surface area contributed by atoms with Crippen molar-refractivity contribution >= 4 is 11.9 Å². The molecule has 0 fully saturated rings. The zero-order valence-electron chi connectivity index (χ0n) is 10.1. The van der Waals surface area contributed by atoms with E-state index in [1.54, 1.807) is 6.92 Å². The molecule has 0 bridgehead atoms. The van der Waals surface area contributed by atoms with E-state index in [4.69, 9.17) is 0 Å². The molecule has 0 atom stereocenters. The van der Waals surface area contributed by atoms with Crippen LogP contribution in [0.3, 0.4) is 0 Å². The van der Waals surface area contributed by atoms with Crippen molar-refractivity contribution in [3.8, 4) is 0 Å². The third kappa shape index (κ3) is 2.98. The van der Waals surface area contributed by atoms with Crippen LogP contribution in [0.15, 0.2) is 11.3 Å². The molecule has 1 amide bonds. The van der Waals surface area contributed by atoms with Crippen LogP contribution >= 0.6 is 0 Å². The normalized spacial score (nSPS) is 19.4. The topological polar surface area (TPSA) is 67.4 Å². The molecule has 0 aromatic rings.